The number of piperidine rings is 2. The van der Waals surface area contributed by atoms with E-state index >= 15 is 0 Å². The van der Waals surface area contributed by atoms with Gasteiger partial charge >= 0.3 is 0 Å². The van der Waals surface area contributed by atoms with Gasteiger partial charge in [-0.15, -0.1) is 0 Å². The molecule has 3 N–H and O–H groups in total. The van der Waals surface area contributed by atoms with Crippen LogP contribution < -0.4 is 16.0 Å². The van der Waals surface area contributed by atoms with E-state index in [0.29, 0.717) is 37.0 Å². The van der Waals surface area contributed by atoms with E-state index in [-0.39, 0.29) is 18.2 Å². The molecule has 0 bridgehead atoms. The van der Waals surface area contributed by atoms with Gasteiger partial charge in [-0.1, -0.05) is 12.1 Å². The van der Waals surface area contributed by atoms with Crippen LogP contribution in [0.5, 0.6) is 0 Å². The van der Waals surface area contributed by atoms with E-state index in [9.17, 15) is 14.4 Å². The van der Waals surface area contributed by atoms with E-state index in [1.54, 1.807) is 11.2 Å². The molecule has 162 valence electrons. The molecule has 1 aromatic carbocycles. The number of fused-ring (bicyclic) bond motifs is 1. The highest BCUT2D eigenvalue weighted by Gasteiger charge is 2.39. The Morgan fingerprint density at radius 3 is 2.81 bits per heavy atom. The second-order valence-corrected chi connectivity index (χ2v) is 8.35. The van der Waals surface area contributed by atoms with Crippen LogP contribution in [-0.4, -0.2) is 46.7 Å². The van der Waals surface area contributed by atoms with Gasteiger partial charge < -0.3 is 20.0 Å². The molecule has 0 radical (unpaired) electrons. The first-order chi connectivity index (χ1) is 15.1. The van der Waals surface area contributed by atoms with Gasteiger partial charge in [0, 0.05) is 31.0 Å². The van der Waals surface area contributed by atoms with Crippen LogP contribution in [0.15, 0.2) is 28.9 Å². The molecule has 2 fully saturated rings. The number of nitrogens with zero attached hydrogens (tertiary/aromatic N) is 2. The third-order valence-electron chi connectivity index (χ3n) is 6.32. The van der Waals surface area contributed by atoms with Crippen LogP contribution in [0.1, 0.15) is 58.8 Å². The van der Waals surface area contributed by atoms with Crippen LogP contribution >= 0.6 is 0 Å². The zero-order valence-corrected chi connectivity index (χ0v) is 17.1. The summed E-state index contributed by atoms with van der Waals surface area (Å²) < 4.78 is 5.58. The molecule has 3 aliphatic heterocycles. The quantitative estimate of drug-likeness (QED) is 0.624. The summed E-state index contributed by atoms with van der Waals surface area (Å²) in [5, 5.41) is 8.87. The molecular formula is C22H25N5O4. The smallest absolute Gasteiger partial charge is 0.295 e. The minimum absolute atomic E-state index is 0.171. The number of nitrogens with one attached hydrogen (secondary N) is 3. The molecule has 1 unspecified atom stereocenters. The molecule has 2 saturated heterocycles. The summed E-state index contributed by atoms with van der Waals surface area (Å²) in [6.07, 6.45) is 4.46. The van der Waals surface area contributed by atoms with Crippen molar-refractivity contribution >= 4 is 23.7 Å². The van der Waals surface area contributed by atoms with Crippen LogP contribution in [-0.2, 0) is 22.7 Å². The van der Waals surface area contributed by atoms with Crippen LogP contribution in [0.25, 0.3) is 0 Å². The number of benzene rings is 1. The topological polar surface area (TPSA) is 117 Å². The molecule has 31 heavy (non-hydrogen) atoms. The zero-order valence-electron chi connectivity index (χ0n) is 17.1. The van der Waals surface area contributed by atoms with Gasteiger partial charge in [-0.3, -0.25) is 19.7 Å². The largest absolute Gasteiger partial charge is 0.432 e. The molecule has 9 nitrogen and oxygen atoms in total. The van der Waals surface area contributed by atoms with Gasteiger partial charge in [-0.2, -0.15) is 4.98 Å². The number of anilines is 1. The molecule has 9 heteroatoms. The van der Waals surface area contributed by atoms with Gasteiger partial charge in [0.05, 0.1) is 5.69 Å². The first-order valence-corrected chi connectivity index (χ1v) is 10.7. The van der Waals surface area contributed by atoms with Crippen LogP contribution in [0.2, 0.25) is 0 Å². The molecule has 1 atom stereocenters. The van der Waals surface area contributed by atoms with E-state index in [1.165, 1.54) is 0 Å². The van der Waals surface area contributed by atoms with Gasteiger partial charge in [0.1, 0.15) is 12.3 Å². The Hall–Kier alpha value is -3.20. The second-order valence-electron chi connectivity index (χ2n) is 8.35. The molecule has 0 aliphatic carbocycles. The van der Waals surface area contributed by atoms with Crippen LogP contribution in [0.4, 0.5) is 6.01 Å². The van der Waals surface area contributed by atoms with Crippen molar-refractivity contribution in [1.29, 1.82) is 0 Å². The van der Waals surface area contributed by atoms with Crippen molar-refractivity contribution in [3.8, 4) is 0 Å². The number of carbonyl (C=O) groups excluding carboxylic acids is 3. The highest BCUT2D eigenvalue weighted by molar-refractivity contribution is 6.05. The molecule has 1 aromatic heterocycles. The Labute approximate surface area is 179 Å². The van der Waals surface area contributed by atoms with Crippen molar-refractivity contribution in [2.45, 2.75) is 50.7 Å². The van der Waals surface area contributed by atoms with Gasteiger partial charge in [-0.25, -0.2) is 0 Å². The second kappa shape index (κ2) is 8.14. The first kappa shape index (κ1) is 19.7. The lowest BCUT2D eigenvalue weighted by atomic mass is 9.95. The predicted octanol–water partition coefficient (Wildman–Crippen LogP) is 1.51. The summed E-state index contributed by atoms with van der Waals surface area (Å²) in [5.74, 6) is -0.423. The summed E-state index contributed by atoms with van der Waals surface area (Å²) in [4.78, 5) is 42.6. The number of rotatable bonds is 5. The summed E-state index contributed by atoms with van der Waals surface area (Å²) in [6, 6.07) is 5.62. The number of amides is 3. The highest BCUT2D eigenvalue weighted by Crippen LogP contribution is 2.29. The third kappa shape index (κ3) is 3.93. The minimum Gasteiger partial charge on any atom is -0.432 e. The summed E-state index contributed by atoms with van der Waals surface area (Å²) in [7, 11) is 0. The van der Waals surface area contributed by atoms with Gasteiger partial charge in [0.2, 0.25) is 11.8 Å². The summed E-state index contributed by atoms with van der Waals surface area (Å²) >= 11 is 0. The van der Waals surface area contributed by atoms with Crippen molar-refractivity contribution in [2.75, 3.05) is 18.4 Å². The van der Waals surface area contributed by atoms with Crippen molar-refractivity contribution in [1.82, 2.24) is 20.5 Å². The molecule has 3 amide bonds. The zero-order chi connectivity index (χ0) is 21.4. The number of hydrogen-bond donors (Lipinski definition) is 3. The van der Waals surface area contributed by atoms with Crippen LogP contribution in [0, 0.1) is 0 Å². The fourth-order valence-electron chi connectivity index (χ4n) is 4.56. The Balaban J connectivity index is 1.23. The molecule has 5 rings (SSSR count). The average molecular weight is 423 g/mol. The summed E-state index contributed by atoms with van der Waals surface area (Å²) in [5.41, 5.74) is 3.40. The Bertz CT molecular complexity index is 1030. The standard InChI is InChI=1S/C22H25N5O4/c28-19-4-3-18(20(29)26-19)27-11-15-2-1-13(9-16(15)21(27)30)10-24-22-25-17(12-31-22)14-5-7-23-8-6-14/h1-2,9,12,14,18,23H,3-8,10-11H2,(H,24,25)(H,26,28,29). The SMILES string of the molecule is O=C1CCC(N2Cc3ccc(CNc4nc(C5CCNCC5)co4)cc3C2=O)C(=O)N1. The van der Waals surface area contributed by atoms with E-state index < -0.39 is 11.9 Å². The number of oxazole rings is 1. The van der Waals surface area contributed by atoms with E-state index in [0.717, 1.165) is 42.8 Å². The first-order valence-electron chi connectivity index (χ1n) is 10.7. The predicted molar refractivity (Wildman–Crippen MR) is 111 cm³/mol. The Morgan fingerprint density at radius 2 is 2.00 bits per heavy atom. The van der Waals surface area contributed by atoms with Crippen molar-refractivity contribution in [2.24, 2.45) is 0 Å². The van der Waals surface area contributed by atoms with Gasteiger partial charge in [0.15, 0.2) is 0 Å². The average Bonchev–Trinajstić information content (AvgIpc) is 3.38. The molecule has 0 saturated carbocycles. The monoisotopic (exact) mass is 423 g/mol. The summed E-state index contributed by atoms with van der Waals surface area (Å²) in [6.45, 7) is 2.86. The lowest BCUT2D eigenvalue weighted by molar-refractivity contribution is -0.136. The lowest BCUT2D eigenvalue weighted by Gasteiger charge is -2.29. The molecular weight excluding hydrogens is 398 g/mol. The Kier molecular flexibility index (Phi) is 5.19. The fourth-order valence-corrected chi connectivity index (χ4v) is 4.56. The molecule has 3 aliphatic rings. The fraction of sp³-hybridized carbons (Fsp3) is 0.455. The molecule has 2 aromatic rings. The van der Waals surface area contributed by atoms with Gasteiger partial charge in [0.25, 0.3) is 11.9 Å². The number of imide groups is 1. The lowest BCUT2D eigenvalue weighted by Crippen LogP contribution is -2.52. The van der Waals surface area contributed by atoms with E-state index in [1.807, 2.05) is 18.2 Å². The number of hydrogen-bond acceptors (Lipinski definition) is 7. The van der Waals surface area contributed by atoms with Crippen LogP contribution in [0.3, 0.4) is 0 Å². The number of carbonyl (C=O) groups is 3. The molecule has 4 heterocycles. The number of aromatic nitrogens is 1. The van der Waals surface area contributed by atoms with Crippen molar-refractivity contribution in [3.63, 3.8) is 0 Å². The minimum atomic E-state index is -0.597. The van der Waals surface area contributed by atoms with Crippen molar-refractivity contribution in [3.05, 3.63) is 46.8 Å². The maximum absolute atomic E-state index is 12.9. The maximum atomic E-state index is 12.9. The van der Waals surface area contributed by atoms with Crippen molar-refractivity contribution < 1.29 is 18.8 Å². The van der Waals surface area contributed by atoms with E-state index in [2.05, 4.69) is 20.9 Å². The van der Waals surface area contributed by atoms with E-state index in [4.69, 9.17) is 4.42 Å². The normalized spacial score (nSPS) is 21.9. The highest BCUT2D eigenvalue weighted by atomic mass is 16.4. The maximum Gasteiger partial charge on any atom is 0.295 e. The van der Waals surface area contributed by atoms with Gasteiger partial charge in [-0.05, 0) is 49.5 Å². The molecule has 0 spiro atoms. The third-order valence-corrected chi connectivity index (χ3v) is 6.32. The Morgan fingerprint density at radius 1 is 1.16 bits per heavy atom.